The number of anilines is 2. The van der Waals surface area contributed by atoms with E-state index in [1.165, 1.54) is 31.2 Å². The van der Waals surface area contributed by atoms with Crippen LogP contribution in [0, 0.1) is 0 Å². The summed E-state index contributed by atoms with van der Waals surface area (Å²) in [6.45, 7) is 1.37. The van der Waals surface area contributed by atoms with Crippen molar-refractivity contribution in [3.8, 4) is 0 Å². The number of hydrogen-bond donors (Lipinski definition) is 3. The number of sulfonamides is 1. The van der Waals surface area contributed by atoms with Crippen molar-refractivity contribution >= 4 is 56.2 Å². The van der Waals surface area contributed by atoms with Gasteiger partial charge in [-0.05, 0) is 60.7 Å². The molecule has 126 valence electrons. The number of rotatable bonds is 4. The molecule has 6 nitrogen and oxygen atoms in total. The number of thiocarbonyl (C=S) groups is 1. The maximum atomic E-state index is 12.3. The van der Waals surface area contributed by atoms with Gasteiger partial charge in [0.25, 0.3) is 10.0 Å². The van der Waals surface area contributed by atoms with Crippen molar-refractivity contribution in [1.29, 1.82) is 0 Å². The van der Waals surface area contributed by atoms with E-state index >= 15 is 0 Å². The molecule has 2 aromatic rings. The molecule has 0 spiro atoms. The second-order valence-corrected chi connectivity index (χ2v) is 7.30. The Kier molecular flexibility index (Phi) is 5.76. The van der Waals surface area contributed by atoms with Gasteiger partial charge in [-0.2, -0.15) is 0 Å². The second-order valence-electron chi connectivity index (χ2n) is 4.77. The molecule has 0 aliphatic rings. The van der Waals surface area contributed by atoms with Crippen LogP contribution in [0.25, 0.3) is 0 Å². The molecule has 0 heterocycles. The third-order valence-corrected chi connectivity index (χ3v) is 4.77. The predicted octanol–water partition coefficient (Wildman–Crippen LogP) is 2.97. The van der Waals surface area contributed by atoms with E-state index in [1.807, 2.05) is 0 Å². The SMILES string of the molecule is CC(=O)Nc1ccc(S(=O)(=O)NC(=S)Nc2ccc(Cl)cc2)cc1. The smallest absolute Gasteiger partial charge is 0.263 e. The maximum absolute atomic E-state index is 12.3. The largest absolute Gasteiger partial charge is 0.332 e. The topological polar surface area (TPSA) is 87.3 Å². The minimum absolute atomic E-state index is 0.0249. The van der Waals surface area contributed by atoms with Crippen molar-refractivity contribution < 1.29 is 13.2 Å². The lowest BCUT2D eigenvalue weighted by atomic mass is 10.3. The highest BCUT2D eigenvalue weighted by Gasteiger charge is 2.15. The molecular formula is C15H14ClN3O3S2. The summed E-state index contributed by atoms with van der Waals surface area (Å²) in [4.78, 5) is 11.0. The first-order valence-corrected chi connectivity index (χ1v) is 9.00. The Hall–Kier alpha value is -2.16. The first-order chi connectivity index (χ1) is 11.3. The van der Waals surface area contributed by atoms with E-state index in [4.69, 9.17) is 23.8 Å². The van der Waals surface area contributed by atoms with Crippen LogP contribution in [0.4, 0.5) is 11.4 Å². The summed E-state index contributed by atoms with van der Waals surface area (Å²) in [5.41, 5.74) is 1.11. The number of carbonyl (C=O) groups excluding carboxylic acids is 1. The Morgan fingerprint density at radius 2 is 1.46 bits per heavy atom. The van der Waals surface area contributed by atoms with Crippen LogP contribution in [0.3, 0.4) is 0 Å². The number of nitrogens with one attached hydrogen (secondary N) is 3. The van der Waals surface area contributed by atoms with Crippen molar-refractivity contribution in [3.05, 3.63) is 53.6 Å². The molecule has 3 N–H and O–H groups in total. The van der Waals surface area contributed by atoms with E-state index in [2.05, 4.69) is 15.4 Å². The van der Waals surface area contributed by atoms with Crippen LogP contribution >= 0.6 is 23.8 Å². The van der Waals surface area contributed by atoms with Crippen LogP contribution in [-0.4, -0.2) is 19.4 Å². The van der Waals surface area contributed by atoms with Crippen LogP contribution in [-0.2, 0) is 14.8 Å². The van der Waals surface area contributed by atoms with Gasteiger partial charge in [0.05, 0.1) is 4.90 Å². The van der Waals surface area contributed by atoms with Gasteiger partial charge in [0.1, 0.15) is 0 Å². The fourth-order valence-corrected chi connectivity index (χ4v) is 3.27. The van der Waals surface area contributed by atoms with Gasteiger partial charge in [-0.3, -0.25) is 9.52 Å². The minimum atomic E-state index is -3.83. The third kappa shape index (κ3) is 5.19. The molecule has 24 heavy (non-hydrogen) atoms. The van der Waals surface area contributed by atoms with Crippen LogP contribution in [0.1, 0.15) is 6.92 Å². The summed E-state index contributed by atoms with van der Waals surface area (Å²) >= 11 is 10.8. The summed E-state index contributed by atoms with van der Waals surface area (Å²) in [5, 5.41) is 5.81. The lowest BCUT2D eigenvalue weighted by Crippen LogP contribution is -2.34. The van der Waals surface area contributed by atoms with Gasteiger partial charge < -0.3 is 10.6 Å². The Bertz CT molecular complexity index is 851. The first kappa shape index (κ1) is 18.2. The lowest BCUT2D eigenvalue weighted by molar-refractivity contribution is -0.114. The zero-order valence-corrected chi connectivity index (χ0v) is 14.9. The van der Waals surface area contributed by atoms with Gasteiger partial charge in [0, 0.05) is 23.3 Å². The molecule has 0 aliphatic heterocycles. The summed E-state index contributed by atoms with van der Waals surface area (Å²) in [7, 11) is -3.83. The Labute approximate surface area is 150 Å². The maximum Gasteiger partial charge on any atom is 0.263 e. The van der Waals surface area contributed by atoms with Gasteiger partial charge in [-0.1, -0.05) is 11.6 Å². The van der Waals surface area contributed by atoms with E-state index in [-0.39, 0.29) is 15.9 Å². The van der Waals surface area contributed by atoms with Crippen LogP contribution in [0.5, 0.6) is 0 Å². The molecule has 0 aliphatic carbocycles. The summed E-state index contributed by atoms with van der Waals surface area (Å²) in [5.74, 6) is -0.239. The zero-order chi connectivity index (χ0) is 17.7. The van der Waals surface area contributed by atoms with E-state index < -0.39 is 10.0 Å². The molecule has 0 fully saturated rings. The highest BCUT2D eigenvalue weighted by Crippen LogP contribution is 2.15. The van der Waals surface area contributed by atoms with Crippen molar-refractivity contribution in [3.63, 3.8) is 0 Å². The van der Waals surface area contributed by atoms with Gasteiger partial charge in [0.15, 0.2) is 5.11 Å². The van der Waals surface area contributed by atoms with Crippen molar-refractivity contribution in [2.45, 2.75) is 11.8 Å². The summed E-state index contributed by atoms with van der Waals surface area (Å²) in [6, 6.07) is 12.4. The zero-order valence-electron chi connectivity index (χ0n) is 12.5. The number of hydrogen-bond acceptors (Lipinski definition) is 4. The second kappa shape index (κ2) is 7.61. The lowest BCUT2D eigenvalue weighted by Gasteiger charge is -2.11. The van der Waals surface area contributed by atoms with Gasteiger partial charge >= 0.3 is 0 Å². The molecule has 0 atom stereocenters. The fraction of sp³-hybridized carbons (Fsp3) is 0.0667. The normalized spacial score (nSPS) is 10.8. The monoisotopic (exact) mass is 383 g/mol. The fourth-order valence-electron chi connectivity index (χ4n) is 1.79. The minimum Gasteiger partial charge on any atom is -0.332 e. The first-order valence-electron chi connectivity index (χ1n) is 6.73. The molecular weight excluding hydrogens is 370 g/mol. The number of halogens is 1. The van der Waals surface area contributed by atoms with Gasteiger partial charge in [0.2, 0.25) is 5.91 Å². The molecule has 0 aromatic heterocycles. The molecule has 0 saturated carbocycles. The average molecular weight is 384 g/mol. The Balaban J connectivity index is 2.05. The van der Waals surface area contributed by atoms with E-state index in [0.29, 0.717) is 16.4 Å². The van der Waals surface area contributed by atoms with Crippen molar-refractivity contribution in [2.24, 2.45) is 0 Å². The molecule has 0 bridgehead atoms. The standard InChI is InChI=1S/C15H14ClN3O3S2/c1-10(20)17-12-6-8-14(9-7-12)24(21,22)19-15(23)18-13-4-2-11(16)3-5-13/h2-9H,1H3,(H,17,20)(H2,18,19,23). The van der Waals surface area contributed by atoms with E-state index in [0.717, 1.165) is 0 Å². The van der Waals surface area contributed by atoms with Crippen LogP contribution < -0.4 is 15.4 Å². The van der Waals surface area contributed by atoms with E-state index in [1.54, 1.807) is 24.3 Å². The summed E-state index contributed by atoms with van der Waals surface area (Å²) in [6.07, 6.45) is 0. The Morgan fingerprint density at radius 1 is 0.958 bits per heavy atom. The highest BCUT2D eigenvalue weighted by molar-refractivity contribution is 7.92. The highest BCUT2D eigenvalue weighted by atomic mass is 35.5. The van der Waals surface area contributed by atoms with Crippen molar-refractivity contribution in [2.75, 3.05) is 10.6 Å². The van der Waals surface area contributed by atoms with Crippen LogP contribution in [0.15, 0.2) is 53.4 Å². The molecule has 0 saturated heterocycles. The molecule has 0 unspecified atom stereocenters. The third-order valence-electron chi connectivity index (χ3n) is 2.81. The number of benzene rings is 2. The molecule has 2 rings (SSSR count). The molecule has 1 amide bonds. The van der Waals surface area contributed by atoms with Gasteiger partial charge in [-0.15, -0.1) is 0 Å². The predicted molar refractivity (Wildman–Crippen MR) is 98.7 cm³/mol. The average Bonchev–Trinajstić information content (AvgIpc) is 2.49. The summed E-state index contributed by atoms with van der Waals surface area (Å²) < 4.78 is 26.8. The number of carbonyl (C=O) groups is 1. The van der Waals surface area contributed by atoms with Crippen molar-refractivity contribution in [1.82, 2.24) is 4.72 Å². The molecule has 9 heteroatoms. The quantitative estimate of drug-likeness (QED) is 0.706. The molecule has 0 radical (unpaired) electrons. The number of amides is 1. The van der Waals surface area contributed by atoms with Crippen LogP contribution in [0.2, 0.25) is 5.02 Å². The Morgan fingerprint density at radius 3 is 2.00 bits per heavy atom. The van der Waals surface area contributed by atoms with E-state index in [9.17, 15) is 13.2 Å². The molecule has 2 aromatic carbocycles. The van der Waals surface area contributed by atoms with Gasteiger partial charge in [-0.25, -0.2) is 8.42 Å².